The second-order valence-corrected chi connectivity index (χ2v) is 4.39. The van der Waals surface area contributed by atoms with Crippen LogP contribution < -0.4 is 11.1 Å². The Kier molecular flexibility index (Phi) is 3.97. The van der Waals surface area contributed by atoms with Crippen molar-refractivity contribution in [3.8, 4) is 0 Å². The zero-order valence-corrected chi connectivity index (χ0v) is 11.1. The standard InChI is InChI=1S/C13H13ClN4O/c1-8-16-6-5-9(18-8)7-17-13(19)12-10(14)3-2-4-11(12)15/h2-6H,7,15H2,1H3,(H,17,19). The molecule has 1 aromatic carbocycles. The number of nitrogens with two attached hydrogens (primary N) is 1. The number of hydrogen-bond donors (Lipinski definition) is 2. The second kappa shape index (κ2) is 5.67. The van der Waals surface area contributed by atoms with Gasteiger partial charge in [-0.15, -0.1) is 0 Å². The molecule has 0 radical (unpaired) electrons. The quantitative estimate of drug-likeness (QED) is 0.840. The van der Waals surface area contributed by atoms with Crippen LogP contribution in [0.25, 0.3) is 0 Å². The molecule has 2 rings (SSSR count). The van der Waals surface area contributed by atoms with E-state index in [0.29, 0.717) is 23.1 Å². The Morgan fingerprint density at radius 1 is 1.42 bits per heavy atom. The number of nitrogens with zero attached hydrogens (tertiary/aromatic N) is 2. The summed E-state index contributed by atoms with van der Waals surface area (Å²) >= 11 is 5.96. The monoisotopic (exact) mass is 276 g/mol. The summed E-state index contributed by atoms with van der Waals surface area (Å²) in [5, 5.41) is 3.06. The summed E-state index contributed by atoms with van der Waals surface area (Å²) < 4.78 is 0. The van der Waals surface area contributed by atoms with Gasteiger partial charge in [-0.25, -0.2) is 9.97 Å². The zero-order chi connectivity index (χ0) is 13.8. The minimum Gasteiger partial charge on any atom is -0.398 e. The van der Waals surface area contributed by atoms with E-state index in [1.807, 2.05) is 0 Å². The number of anilines is 1. The van der Waals surface area contributed by atoms with Crippen molar-refractivity contribution >= 4 is 23.2 Å². The highest BCUT2D eigenvalue weighted by Crippen LogP contribution is 2.21. The third kappa shape index (κ3) is 3.20. The van der Waals surface area contributed by atoms with E-state index in [1.165, 1.54) is 0 Å². The van der Waals surface area contributed by atoms with Crippen LogP contribution in [0.1, 0.15) is 21.9 Å². The number of rotatable bonds is 3. The van der Waals surface area contributed by atoms with Gasteiger partial charge in [-0.2, -0.15) is 0 Å². The van der Waals surface area contributed by atoms with Crippen molar-refractivity contribution in [2.24, 2.45) is 0 Å². The molecule has 3 N–H and O–H groups in total. The van der Waals surface area contributed by atoms with Gasteiger partial charge in [-0.05, 0) is 25.1 Å². The molecule has 0 aliphatic rings. The molecule has 0 saturated carbocycles. The van der Waals surface area contributed by atoms with Gasteiger partial charge < -0.3 is 11.1 Å². The lowest BCUT2D eigenvalue weighted by atomic mass is 10.1. The summed E-state index contributed by atoms with van der Waals surface area (Å²) in [5.41, 5.74) is 7.11. The molecule has 1 amide bonds. The number of carbonyl (C=O) groups is 1. The first kappa shape index (κ1) is 13.3. The minimum absolute atomic E-state index is 0.287. The van der Waals surface area contributed by atoms with E-state index < -0.39 is 0 Å². The first-order valence-corrected chi connectivity index (χ1v) is 6.06. The van der Waals surface area contributed by atoms with Gasteiger partial charge in [0, 0.05) is 11.9 Å². The number of benzene rings is 1. The van der Waals surface area contributed by atoms with Crippen molar-refractivity contribution in [2.45, 2.75) is 13.5 Å². The van der Waals surface area contributed by atoms with Crippen LogP contribution in [0.3, 0.4) is 0 Å². The summed E-state index contributed by atoms with van der Waals surface area (Å²) in [7, 11) is 0. The van der Waals surface area contributed by atoms with Crippen molar-refractivity contribution in [3.05, 3.63) is 52.6 Å². The highest BCUT2D eigenvalue weighted by molar-refractivity contribution is 6.34. The molecule has 2 aromatic rings. The Bertz CT molecular complexity index is 595. The fraction of sp³-hybridized carbons (Fsp3) is 0.154. The van der Waals surface area contributed by atoms with Crippen LogP contribution in [0.5, 0.6) is 0 Å². The number of halogens is 1. The Labute approximate surface area is 115 Å². The lowest BCUT2D eigenvalue weighted by Crippen LogP contribution is -2.24. The lowest BCUT2D eigenvalue weighted by Gasteiger charge is -2.09. The third-order valence-electron chi connectivity index (χ3n) is 2.54. The molecule has 98 valence electrons. The topological polar surface area (TPSA) is 80.9 Å². The number of carbonyl (C=O) groups excluding carboxylic acids is 1. The molecule has 0 aliphatic carbocycles. The van der Waals surface area contributed by atoms with E-state index in [1.54, 1.807) is 37.4 Å². The van der Waals surface area contributed by atoms with Gasteiger partial charge in [-0.3, -0.25) is 4.79 Å². The summed E-state index contributed by atoms with van der Waals surface area (Å²) in [4.78, 5) is 20.2. The minimum atomic E-state index is -0.320. The average molecular weight is 277 g/mol. The zero-order valence-electron chi connectivity index (χ0n) is 10.4. The van der Waals surface area contributed by atoms with Crippen molar-refractivity contribution in [1.29, 1.82) is 0 Å². The van der Waals surface area contributed by atoms with Gasteiger partial charge >= 0.3 is 0 Å². The van der Waals surface area contributed by atoms with Crippen LogP contribution in [0.4, 0.5) is 5.69 Å². The molecule has 0 saturated heterocycles. The van der Waals surface area contributed by atoms with Crippen molar-refractivity contribution in [2.75, 3.05) is 5.73 Å². The van der Waals surface area contributed by atoms with Crippen LogP contribution in [0.2, 0.25) is 5.02 Å². The number of hydrogen-bond acceptors (Lipinski definition) is 4. The number of amides is 1. The Balaban J connectivity index is 2.10. The Hall–Kier alpha value is -2.14. The molecule has 1 aromatic heterocycles. The second-order valence-electron chi connectivity index (χ2n) is 3.98. The third-order valence-corrected chi connectivity index (χ3v) is 2.85. The summed E-state index contributed by atoms with van der Waals surface area (Å²) in [6.07, 6.45) is 1.65. The maximum Gasteiger partial charge on any atom is 0.255 e. The molecule has 19 heavy (non-hydrogen) atoms. The van der Waals surface area contributed by atoms with Crippen LogP contribution in [-0.2, 0) is 6.54 Å². The number of aryl methyl sites for hydroxylation is 1. The van der Waals surface area contributed by atoms with Gasteiger partial charge in [-0.1, -0.05) is 17.7 Å². The van der Waals surface area contributed by atoms with Gasteiger partial charge in [0.05, 0.1) is 22.8 Å². The molecule has 0 bridgehead atoms. The molecular weight excluding hydrogens is 264 g/mol. The van der Waals surface area contributed by atoms with Crippen molar-refractivity contribution < 1.29 is 4.79 Å². The summed E-state index contributed by atoms with van der Waals surface area (Å²) in [6, 6.07) is 6.70. The summed E-state index contributed by atoms with van der Waals surface area (Å²) in [5.74, 6) is 0.336. The van der Waals surface area contributed by atoms with Gasteiger partial charge in [0.25, 0.3) is 5.91 Å². The first-order valence-electron chi connectivity index (χ1n) is 5.68. The molecule has 1 heterocycles. The van der Waals surface area contributed by atoms with Crippen molar-refractivity contribution in [1.82, 2.24) is 15.3 Å². The molecule has 0 unspecified atom stereocenters. The highest BCUT2D eigenvalue weighted by atomic mass is 35.5. The largest absolute Gasteiger partial charge is 0.398 e. The maximum absolute atomic E-state index is 12.0. The van der Waals surface area contributed by atoms with E-state index in [0.717, 1.165) is 5.69 Å². The van der Waals surface area contributed by atoms with E-state index >= 15 is 0 Å². The predicted octanol–water partition coefficient (Wildman–Crippen LogP) is 1.95. The molecule has 0 spiro atoms. The molecule has 0 fully saturated rings. The number of aromatic nitrogens is 2. The highest BCUT2D eigenvalue weighted by Gasteiger charge is 2.13. The predicted molar refractivity (Wildman–Crippen MR) is 73.8 cm³/mol. The van der Waals surface area contributed by atoms with Crippen LogP contribution in [0.15, 0.2) is 30.5 Å². The van der Waals surface area contributed by atoms with E-state index in [2.05, 4.69) is 15.3 Å². The molecule has 0 aliphatic heterocycles. The van der Waals surface area contributed by atoms with Crippen molar-refractivity contribution in [3.63, 3.8) is 0 Å². The average Bonchev–Trinajstić information content (AvgIpc) is 2.36. The maximum atomic E-state index is 12.0. The molecular formula is C13H13ClN4O. The molecule has 0 atom stereocenters. The Morgan fingerprint density at radius 2 is 2.21 bits per heavy atom. The number of nitrogens with one attached hydrogen (secondary N) is 1. The molecule has 6 heteroatoms. The van der Waals surface area contributed by atoms with Gasteiger partial charge in [0.2, 0.25) is 0 Å². The SMILES string of the molecule is Cc1nccc(CNC(=O)c2c(N)cccc2Cl)n1. The van der Waals surface area contributed by atoms with E-state index in [-0.39, 0.29) is 11.5 Å². The van der Waals surface area contributed by atoms with Gasteiger partial charge in [0.1, 0.15) is 5.82 Å². The molecule has 5 nitrogen and oxygen atoms in total. The smallest absolute Gasteiger partial charge is 0.255 e. The van der Waals surface area contributed by atoms with Crippen LogP contribution >= 0.6 is 11.6 Å². The fourth-order valence-electron chi connectivity index (χ4n) is 1.64. The lowest BCUT2D eigenvalue weighted by molar-refractivity contribution is 0.0951. The fourth-order valence-corrected chi connectivity index (χ4v) is 1.91. The summed E-state index contributed by atoms with van der Waals surface area (Å²) in [6.45, 7) is 2.09. The number of nitrogen functional groups attached to an aromatic ring is 1. The first-order chi connectivity index (χ1) is 9.08. The van der Waals surface area contributed by atoms with Crippen LogP contribution in [0, 0.1) is 6.92 Å². The Morgan fingerprint density at radius 3 is 2.89 bits per heavy atom. The normalized spacial score (nSPS) is 10.2. The van der Waals surface area contributed by atoms with E-state index in [4.69, 9.17) is 17.3 Å². The van der Waals surface area contributed by atoms with E-state index in [9.17, 15) is 4.79 Å². The van der Waals surface area contributed by atoms with Gasteiger partial charge in [0.15, 0.2) is 0 Å². The van der Waals surface area contributed by atoms with Crippen LogP contribution in [-0.4, -0.2) is 15.9 Å².